The number of aliphatic imine (C=N–C) groups is 1. The number of aryl methyl sites for hydroxylation is 2. The minimum Gasteiger partial charge on any atom is -0.506 e. The first-order valence-corrected chi connectivity index (χ1v) is 6.98. The predicted molar refractivity (Wildman–Crippen MR) is 85.5 cm³/mol. The Morgan fingerprint density at radius 1 is 1.15 bits per heavy atom. The first-order valence-electron chi connectivity index (χ1n) is 6.19. The Kier molecular flexibility index (Phi) is 4.45. The molecule has 0 amide bonds. The smallest absolute Gasteiger partial charge is 0.138 e. The zero-order valence-electron chi connectivity index (χ0n) is 11.6. The average Bonchev–Trinajstić information content (AvgIpc) is 2.44. The molecule has 0 saturated heterocycles. The van der Waals surface area contributed by atoms with E-state index >= 15 is 0 Å². The van der Waals surface area contributed by atoms with E-state index in [-0.39, 0.29) is 5.75 Å². The summed E-state index contributed by atoms with van der Waals surface area (Å²) in [7, 11) is 1.59. The Morgan fingerprint density at radius 2 is 1.90 bits per heavy atom. The maximum Gasteiger partial charge on any atom is 0.138 e. The molecule has 0 aliphatic heterocycles. The molecular formula is C16H16BrNO2. The van der Waals surface area contributed by atoms with Gasteiger partial charge in [0, 0.05) is 11.8 Å². The quantitative estimate of drug-likeness (QED) is 0.838. The highest BCUT2D eigenvalue weighted by molar-refractivity contribution is 9.10. The van der Waals surface area contributed by atoms with Gasteiger partial charge in [0.15, 0.2) is 0 Å². The van der Waals surface area contributed by atoms with Crippen LogP contribution in [0.1, 0.15) is 16.7 Å². The second-order valence-corrected chi connectivity index (χ2v) is 5.43. The fourth-order valence-corrected chi connectivity index (χ4v) is 2.22. The number of ether oxygens (including phenoxy) is 1. The number of benzene rings is 2. The van der Waals surface area contributed by atoms with Gasteiger partial charge in [0.1, 0.15) is 11.5 Å². The maximum absolute atomic E-state index is 10.0. The van der Waals surface area contributed by atoms with Gasteiger partial charge >= 0.3 is 0 Å². The van der Waals surface area contributed by atoms with E-state index in [4.69, 9.17) is 4.74 Å². The summed E-state index contributed by atoms with van der Waals surface area (Å²) in [5, 5.41) is 10.0. The summed E-state index contributed by atoms with van der Waals surface area (Å²) in [5.74, 6) is 0.814. The number of halogens is 1. The van der Waals surface area contributed by atoms with Gasteiger partial charge in [-0.1, -0.05) is 6.07 Å². The first kappa shape index (κ1) is 14.6. The molecule has 2 rings (SSSR count). The van der Waals surface area contributed by atoms with Gasteiger partial charge in [-0.2, -0.15) is 0 Å². The third-order valence-corrected chi connectivity index (χ3v) is 3.75. The van der Waals surface area contributed by atoms with Crippen molar-refractivity contribution in [1.82, 2.24) is 0 Å². The van der Waals surface area contributed by atoms with Crippen LogP contribution >= 0.6 is 15.9 Å². The van der Waals surface area contributed by atoms with Crippen molar-refractivity contribution in [2.45, 2.75) is 13.8 Å². The van der Waals surface area contributed by atoms with Crippen molar-refractivity contribution >= 4 is 27.8 Å². The van der Waals surface area contributed by atoms with Crippen LogP contribution in [0.15, 0.2) is 39.8 Å². The van der Waals surface area contributed by atoms with Gasteiger partial charge in [-0.05, 0) is 65.2 Å². The lowest BCUT2D eigenvalue weighted by molar-refractivity contribution is 0.411. The van der Waals surface area contributed by atoms with E-state index in [0.717, 1.165) is 5.69 Å². The molecule has 0 radical (unpaired) electrons. The zero-order valence-corrected chi connectivity index (χ0v) is 13.2. The first-order chi connectivity index (χ1) is 9.51. The molecule has 2 aromatic carbocycles. The fraction of sp³-hybridized carbons (Fsp3) is 0.188. The molecular weight excluding hydrogens is 318 g/mol. The van der Waals surface area contributed by atoms with Crippen molar-refractivity contribution in [1.29, 1.82) is 0 Å². The van der Waals surface area contributed by atoms with Crippen LogP contribution in [0.25, 0.3) is 0 Å². The number of hydrogen-bond donors (Lipinski definition) is 1. The summed E-state index contributed by atoms with van der Waals surface area (Å²) in [6.45, 7) is 4.11. The Hall–Kier alpha value is -1.81. The molecule has 0 fully saturated rings. The summed E-state index contributed by atoms with van der Waals surface area (Å²) in [6.07, 6.45) is 1.63. The van der Waals surface area contributed by atoms with Crippen molar-refractivity contribution in [2.75, 3.05) is 7.11 Å². The number of phenolic OH excluding ortho intramolecular Hbond substituents is 1. The van der Waals surface area contributed by atoms with Crippen LogP contribution in [-0.2, 0) is 0 Å². The second-order valence-electron chi connectivity index (χ2n) is 4.57. The van der Waals surface area contributed by atoms with Crippen molar-refractivity contribution in [3.63, 3.8) is 0 Å². The molecule has 0 unspecified atom stereocenters. The van der Waals surface area contributed by atoms with Crippen LogP contribution in [0.4, 0.5) is 5.69 Å². The highest BCUT2D eigenvalue weighted by atomic mass is 79.9. The molecule has 4 heteroatoms. The van der Waals surface area contributed by atoms with E-state index in [9.17, 15) is 5.11 Å². The van der Waals surface area contributed by atoms with Crippen LogP contribution in [0.2, 0.25) is 0 Å². The van der Waals surface area contributed by atoms with Gasteiger partial charge in [0.2, 0.25) is 0 Å². The normalized spacial score (nSPS) is 11.0. The maximum atomic E-state index is 10.0. The van der Waals surface area contributed by atoms with Crippen molar-refractivity contribution in [3.8, 4) is 11.5 Å². The van der Waals surface area contributed by atoms with Crippen molar-refractivity contribution in [3.05, 3.63) is 51.5 Å². The van der Waals surface area contributed by atoms with Crippen LogP contribution in [0.5, 0.6) is 11.5 Å². The summed E-state index contributed by atoms with van der Waals surface area (Å²) >= 11 is 3.29. The molecule has 0 aliphatic rings. The molecule has 0 aliphatic carbocycles. The number of nitrogens with zero attached hydrogens (tertiary/aromatic N) is 1. The lowest BCUT2D eigenvalue weighted by Crippen LogP contribution is -1.88. The average molecular weight is 334 g/mol. The Bertz CT molecular complexity index is 666. The molecule has 3 nitrogen and oxygen atoms in total. The monoisotopic (exact) mass is 333 g/mol. The Morgan fingerprint density at radius 3 is 2.55 bits per heavy atom. The van der Waals surface area contributed by atoms with Crippen molar-refractivity contribution in [2.24, 2.45) is 4.99 Å². The predicted octanol–water partition coefficient (Wildman–Crippen LogP) is 4.53. The number of hydrogen-bond acceptors (Lipinski definition) is 3. The summed E-state index contributed by atoms with van der Waals surface area (Å²) in [6, 6.07) is 9.44. The second kappa shape index (κ2) is 6.09. The van der Waals surface area contributed by atoms with Gasteiger partial charge in [0.05, 0.1) is 17.3 Å². The summed E-state index contributed by atoms with van der Waals surface area (Å²) < 4.78 is 5.76. The van der Waals surface area contributed by atoms with E-state index in [0.29, 0.717) is 15.8 Å². The summed E-state index contributed by atoms with van der Waals surface area (Å²) in [4.78, 5) is 4.39. The largest absolute Gasteiger partial charge is 0.506 e. The van der Waals surface area contributed by atoms with E-state index < -0.39 is 0 Å². The lowest BCUT2D eigenvalue weighted by Gasteiger charge is -2.06. The standard InChI is InChI=1S/C16H16BrNO2/c1-10-4-5-13(6-11(10)2)18-9-12-7-14(20-3)8-15(17)16(12)19/h4-9,19H,1-3H3. The molecule has 20 heavy (non-hydrogen) atoms. The molecule has 0 bridgehead atoms. The molecule has 0 heterocycles. The van der Waals surface area contributed by atoms with Crippen molar-refractivity contribution < 1.29 is 9.84 Å². The molecule has 104 valence electrons. The number of methoxy groups -OCH3 is 1. The highest BCUT2D eigenvalue weighted by Crippen LogP contribution is 2.32. The van der Waals surface area contributed by atoms with Gasteiger partial charge in [-0.25, -0.2) is 0 Å². The molecule has 0 aromatic heterocycles. The minimum atomic E-state index is 0.151. The van der Waals surface area contributed by atoms with Crippen LogP contribution in [0.3, 0.4) is 0 Å². The third-order valence-electron chi connectivity index (χ3n) is 3.15. The molecule has 0 spiro atoms. The molecule has 2 aromatic rings. The lowest BCUT2D eigenvalue weighted by atomic mass is 10.1. The molecule has 0 saturated carbocycles. The molecule has 1 N–H and O–H groups in total. The Balaban J connectivity index is 2.35. The van der Waals surface area contributed by atoms with Crippen LogP contribution < -0.4 is 4.74 Å². The van der Waals surface area contributed by atoms with Gasteiger partial charge in [0.25, 0.3) is 0 Å². The number of rotatable bonds is 3. The minimum absolute atomic E-state index is 0.151. The van der Waals surface area contributed by atoms with Crippen LogP contribution in [0, 0.1) is 13.8 Å². The Labute approximate surface area is 127 Å². The third kappa shape index (κ3) is 3.20. The van der Waals surface area contributed by atoms with Gasteiger partial charge < -0.3 is 9.84 Å². The number of aromatic hydroxyl groups is 1. The fourth-order valence-electron chi connectivity index (χ4n) is 1.76. The zero-order chi connectivity index (χ0) is 14.7. The molecule has 0 atom stereocenters. The van der Waals surface area contributed by atoms with E-state index in [1.807, 2.05) is 25.1 Å². The number of phenols is 1. The van der Waals surface area contributed by atoms with Gasteiger partial charge in [-0.3, -0.25) is 4.99 Å². The SMILES string of the molecule is COc1cc(Br)c(O)c(C=Nc2ccc(C)c(C)c2)c1. The topological polar surface area (TPSA) is 41.8 Å². The van der Waals surface area contributed by atoms with E-state index in [2.05, 4.69) is 27.8 Å². The van der Waals surface area contributed by atoms with E-state index in [1.54, 1.807) is 25.5 Å². The van der Waals surface area contributed by atoms with Gasteiger partial charge in [-0.15, -0.1) is 0 Å². The summed E-state index contributed by atoms with van der Waals surface area (Å²) in [5.41, 5.74) is 3.88. The van der Waals surface area contributed by atoms with Crippen LogP contribution in [-0.4, -0.2) is 18.4 Å². The van der Waals surface area contributed by atoms with E-state index in [1.165, 1.54) is 11.1 Å². The highest BCUT2D eigenvalue weighted by Gasteiger charge is 2.07.